The van der Waals surface area contributed by atoms with Gasteiger partial charge in [0.2, 0.25) is 0 Å². The Hall–Kier alpha value is -2.13. The van der Waals surface area contributed by atoms with E-state index in [0.717, 1.165) is 31.6 Å². The number of piperidine rings is 1. The molecule has 1 fully saturated rings. The molecule has 2 aromatic carbocycles. The van der Waals surface area contributed by atoms with Gasteiger partial charge in [-0.05, 0) is 11.1 Å². The molecule has 0 radical (unpaired) electrons. The zero-order chi connectivity index (χ0) is 14.5. The van der Waals surface area contributed by atoms with Crippen molar-refractivity contribution in [1.82, 2.24) is 4.90 Å². The van der Waals surface area contributed by atoms with Crippen molar-refractivity contribution < 1.29 is 5.21 Å². The predicted molar refractivity (Wildman–Crippen MR) is 84.5 cm³/mol. The van der Waals surface area contributed by atoms with Gasteiger partial charge in [-0.15, -0.1) is 0 Å². The van der Waals surface area contributed by atoms with E-state index < -0.39 is 0 Å². The third kappa shape index (κ3) is 3.31. The largest absolute Gasteiger partial charge is 0.411 e. The Labute approximate surface area is 125 Å². The molecule has 0 bridgehead atoms. The molecule has 3 nitrogen and oxygen atoms in total. The molecular formula is C18H20N2O. The van der Waals surface area contributed by atoms with Crippen LogP contribution in [0.5, 0.6) is 0 Å². The van der Waals surface area contributed by atoms with Crippen LogP contribution >= 0.6 is 0 Å². The number of rotatable bonds is 3. The Morgan fingerprint density at radius 3 is 2.33 bits per heavy atom. The average Bonchev–Trinajstić information content (AvgIpc) is 2.57. The number of hydrogen-bond acceptors (Lipinski definition) is 3. The molecule has 1 atom stereocenters. The maximum atomic E-state index is 9.10. The van der Waals surface area contributed by atoms with E-state index in [2.05, 4.69) is 58.6 Å². The fraction of sp³-hybridized carbons (Fsp3) is 0.278. The molecule has 2 aromatic rings. The molecule has 1 aliphatic rings. The second-order valence-corrected chi connectivity index (χ2v) is 5.50. The SMILES string of the molecule is O/N=C1/CCN(Cc2ccccc2)C(c2ccccc2)C1. The fourth-order valence-electron chi connectivity index (χ4n) is 2.98. The van der Waals surface area contributed by atoms with Crippen molar-refractivity contribution in [3.63, 3.8) is 0 Å². The predicted octanol–water partition coefficient (Wildman–Crippen LogP) is 3.85. The lowest BCUT2D eigenvalue weighted by Gasteiger charge is -2.36. The second kappa shape index (κ2) is 6.55. The van der Waals surface area contributed by atoms with Gasteiger partial charge in [-0.2, -0.15) is 0 Å². The highest BCUT2D eigenvalue weighted by Crippen LogP contribution is 2.30. The van der Waals surface area contributed by atoms with E-state index in [4.69, 9.17) is 5.21 Å². The van der Waals surface area contributed by atoms with E-state index in [1.807, 2.05) is 12.1 Å². The smallest absolute Gasteiger partial charge is 0.0602 e. The molecule has 0 saturated carbocycles. The summed E-state index contributed by atoms with van der Waals surface area (Å²) < 4.78 is 0. The van der Waals surface area contributed by atoms with Crippen molar-refractivity contribution in [3.05, 3.63) is 71.8 Å². The van der Waals surface area contributed by atoms with Gasteiger partial charge in [0, 0.05) is 32.0 Å². The molecule has 0 aliphatic carbocycles. The molecule has 1 N–H and O–H groups in total. The van der Waals surface area contributed by atoms with E-state index in [9.17, 15) is 0 Å². The Kier molecular flexibility index (Phi) is 4.31. The van der Waals surface area contributed by atoms with Crippen LogP contribution in [0.25, 0.3) is 0 Å². The number of oxime groups is 1. The summed E-state index contributed by atoms with van der Waals surface area (Å²) in [6.07, 6.45) is 1.64. The van der Waals surface area contributed by atoms with Gasteiger partial charge in [0.1, 0.15) is 0 Å². The van der Waals surface area contributed by atoms with Gasteiger partial charge in [-0.25, -0.2) is 0 Å². The van der Waals surface area contributed by atoms with E-state index >= 15 is 0 Å². The van der Waals surface area contributed by atoms with E-state index in [1.165, 1.54) is 11.1 Å². The summed E-state index contributed by atoms with van der Waals surface area (Å²) in [5.41, 5.74) is 3.50. The minimum Gasteiger partial charge on any atom is -0.411 e. The van der Waals surface area contributed by atoms with Crippen LogP contribution in [0.4, 0.5) is 0 Å². The highest BCUT2D eigenvalue weighted by Gasteiger charge is 2.27. The molecule has 0 spiro atoms. The summed E-state index contributed by atoms with van der Waals surface area (Å²) in [7, 11) is 0. The van der Waals surface area contributed by atoms with Crippen LogP contribution in [0.1, 0.15) is 30.0 Å². The summed E-state index contributed by atoms with van der Waals surface area (Å²) in [6.45, 7) is 1.85. The van der Waals surface area contributed by atoms with Crippen LogP contribution < -0.4 is 0 Å². The van der Waals surface area contributed by atoms with Crippen molar-refractivity contribution in [2.24, 2.45) is 5.16 Å². The van der Waals surface area contributed by atoms with Gasteiger partial charge >= 0.3 is 0 Å². The monoisotopic (exact) mass is 280 g/mol. The van der Waals surface area contributed by atoms with Crippen molar-refractivity contribution in [2.75, 3.05) is 6.54 Å². The molecule has 1 aliphatic heterocycles. The number of benzene rings is 2. The summed E-state index contributed by atoms with van der Waals surface area (Å²) in [5, 5.41) is 12.6. The molecule has 3 rings (SSSR count). The number of likely N-dealkylation sites (tertiary alicyclic amines) is 1. The summed E-state index contributed by atoms with van der Waals surface area (Å²) in [4.78, 5) is 2.47. The second-order valence-electron chi connectivity index (χ2n) is 5.50. The normalized spacial score (nSPS) is 21.5. The minimum atomic E-state index is 0.283. The van der Waals surface area contributed by atoms with Gasteiger partial charge in [0.05, 0.1) is 5.71 Å². The van der Waals surface area contributed by atoms with Gasteiger partial charge in [-0.3, -0.25) is 4.90 Å². The minimum absolute atomic E-state index is 0.283. The van der Waals surface area contributed by atoms with Crippen LogP contribution in [-0.4, -0.2) is 22.4 Å². The highest BCUT2D eigenvalue weighted by atomic mass is 16.4. The topological polar surface area (TPSA) is 35.8 Å². The van der Waals surface area contributed by atoms with E-state index in [1.54, 1.807) is 0 Å². The van der Waals surface area contributed by atoms with Gasteiger partial charge in [0.15, 0.2) is 0 Å². The summed E-state index contributed by atoms with van der Waals surface area (Å²) in [6, 6.07) is 21.3. The van der Waals surface area contributed by atoms with Crippen molar-refractivity contribution in [1.29, 1.82) is 0 Å². The molecule has 0 aromatic heterocycles. The standard InChI is InChI=1S/C18H20N2O/c21-19-17-11-12-20(14-15-7-3-1-4-8-15)18(13-17)16-9-5-2-6-10-16/h1-10,18,21H,11-14H2/b19-17-. The Morgan fingerprint density at radius 2 is 1.67 bits per heavy atom. The maximum absolute atomic E-state index is 9.10. The fourth-order valence-corrected chi connectivity index (χ4v) is 2.98. The summed E-state index contributed by atoms with van der Waals surface area (Å²) >= 11 is 0. The zero-order valence-corrected chi connectivity index (χ0v) is 12.0. The molecule has 1 heterocycles. The Morgan fingerprint density at radius 1 is 1.00 bits per heavy atom. The van der Waals surface area contributed by atoms with E-state index in [0.29, 0.717) is 0 Å². The summed E-state index contributed by atoms with van der Waals surface area (Å²) in [5.74, 6) is 0. The first-order chi connectivity index (χ1) is 10.4. The first-order valence-corrected chi connectivity index (χ1v) is 7.39. The third-order valence-electron chi connectivity index (χ3n) is 4.11. The van der Waals surface area contributed by atoms with Crippen molar-refractivity contribution in [3.8, 4) is 0 Å². The average molecular weight is 280 g/mol. The lowest BCUT2D eigenvalue weighted by Crippen LogP contribution is -2.36. The number of nitrogens with zero attached hydrogens (tertiary/aromatic N) is 2. The number of hydrogen-bond donors (Lipinski definition) is 1. The maximum Gasteiger partial charge on any atom is 0.0602 e. The molecular weight excluding hydrogens is 260 g/mol. The Bertz CT molecular complexity index is 595. The van der Waals surface area contributed by atoms with Crippen molar-refractivity contribution in [2.45, 2.75) is 25.4 Å². The van der Waals surface area contributed by atoms with Gasteiger partial charge in [0.25, 0.3) is 0 Å². The first-order valence-electron chi connectivity index (χ1n) is 7.39. The third-order valence-corrected chi connectivity index (χ3v) is 4.11. The lowest BCUT2D eigenvalue weighted by atomic mass is 9.93. The lowest BCUT2D eigenvalue weighted by molar-refractivity contribution is 0.179. The quantitative estimate of drug-likeness (QED) is 0.684. The molecule has 1 unspecified atom stereocenters. The van der Waals surface area contributed by atoms with Gasteiger partial charge in [-0.1, -0.05) is 65.8 Å². The highest BCUT2D eigenvalue weighted by molar-refractivity contribution is 5.85. The van der Waals surface area contributed by atoms with Crippen LogP contribution in [0, 0.1) is 0 Å². The molecule has 3 heteroatoms. The van der Waals surface area contributed by atoms with Crippen molar-refractivity contribution >= 4 is 5.71 Å². The van der Waals surface area contributed by atoms with Crippen LogP contribution in [0.15, 0.2) is 65.8 Å². The Balaban J connectivity index is 1.83. The van der Waals surface area contributed by atoms with Gasteiger partial charge < -0.3 is 5.21 Å². The molecule has 108 valence electrons. The molecule has 0 amide bonds. The van der Waals surface area contributed by atoms with Crippen LogP contribution in [0.2, 0.25) is 0 Å². The zero-order valence-electron chi connectivity index (χ0n) is 12.0. The molecule has 1 saturated heterocycles. The van der Waals surface area contributed by atoms with E-state index in [-0.39, 0.29) is 6.04 Å². The first kappa shape index (κ1) is 13.8. The molecule has 21 heavy (non-hydrogen) atoms. The van der Waals surface area contributed by atoms with Crippen LogP contribution in [-0.2, 0) is 6.54 Å². The van der Waals surface area contributed by atoms with Crippen LogP contribution in [0.3, 0.4) is 0 Å².